The molecular formula is C12H17N. The zero-order valence-corrected chi connectivity index (χ0v) is 8.29. The van der Waals surface area contributed by atoms with Crippen LogP contribution < -0.4 is 4.90 Å². The Balaban J connectivity index is 2.18. The number of hydrogen-bond acceptors (Lipinski definition) is 1. The largest absolute Gasteiger partial charge is 0.372 e. The Morgan fingerprint density at radius 1 is 1.23 bits per heavy atom. The smallest absolute Gasteiger partial charge is 0.0368 e. The molecule has 0 aliphatic carbocycles. The Morgan fingerprint density at radius 3 is 2.69 bits per heavy atom. The van der Waals surface area contributed by atoms with E-state index in [-0.39, 0.29) is 0 Å². The number of hydrogen-bond donors (Lipinski definition) is 0. The first kappa shape index (κ1) is 8.61. The van der Waals surface area contributed by atoms with Gasteiger partial charge in [0, 0.05) is 18.8 Å². The summed E-state index contributed by atoms with van der Waals surface area (Å²) in [5.74, 6) is 0. The second kappa shape index (κ2) is 3.82. The molecule has 0 unspecified atom stereocenters. The summed E-state index contributed by atoms with van der Waals surface area (Å²) in [6, 6.07) is 8.93. The third-order valence-corrected chi connectivity index (χ3v) is 2.79. The van der Waals surface area contributed by atoms with Crippen molar-refractivity contribution < 1.29 is 0 Å². The Labute approximate surface area is 80.4 Å². The van der Waals surface area contributed by atoms with Gasteiger partial charge in [0.25, 0.3) is 0 Å². The van der Waals surface area contributed by atoms with E-state index in [0.717, 1.165) is 6.42 Å². The molecular weight excluding hydrogens is 158 g/mol. The molecule has 1 aromatic rings. The van der Waals surface area contributed by atoms with Crippen LogP contribution in [0.25, 0.3) is 0 Å². The van der Waals surface area contributed by atoms with Gasteiger partial charge in [-0.05, 0) is 37.0 Å². The molecule has 1 heterocycles. The maximum atomic E-state index is 2.49. The fraction of sp³-hybridized carbons (Fsp3) is 0.500. The van der Waals surface area contributed by atoms with E-state index in [1.807, 2.05) is 0 Å². The van der Waals surface area contributed by atoms with E-state index >= 15 is 0 Å². The number of rotatable bonds is 2. The molecule has 1 nitrogen and oxygen atoms in total. The lowest BCUT2D eigenvalue weighted by atomic mass is 10.1. The minimum atomic E-state index is 1.14. The number of benzene rings is 1. The summed E-state index contributed by atoms with van der Waals surface area (Å²) < 4.78 is 0. The molecule has 70 valence electrons. The molecule has 1 fully saturated rings. The number of anilines is 1. The Kier molecular flexibility index (Phi) is 2.53. The lowest BCUT2D eigenvalue weighted by Gasteiger charge is -2.17. The molecule has 1 saturated heterocycles. The van der Waals surface area contributed by atoms with Gasteiger partial charge in [-0.2, -0.15) is 0 Å². The van der Waals surface area contributed by atoms with E-state index in [9.17, 15) is 0 Å². The molecule has 0 aromatic heterocycles. The zero-order valence-electron chi connectivity index (χ0n) is 8.29. The maximum Gasteiger partial charge on any atom is 0.0368 e. The average molecular weight is 175 g/mol. The van der Waals surface area contributed by atoms with Crippen molar-refractivity contribution in [3.05, 3.63) is 29.8 Å². The molecule has 1 heteroatoms. The predicted molar refractivity (Wildman–Crippen MR) is 57.3 cm³/mol. The van der Waals surface area contributed by atoms with Crippen molar-refractivity contribution in [2.75, 3.05) is 18.0 Å². The van der Waals surface area contributed by atoms with Crippen LogP contribution in [0.4, 0.5) is 5.69 Å². The highest BCUT2D eigenvalue weighted by molar-refractivity contribution is 5.49. The Hall–Kier alpha value is -0.980. The van der Waals surface area contributed by atoms with Crippen LogP contribution in [0.2, 0.25) is 0 Å². The standard InChI is InChI=1S/C12H17N/c1-2-11-6-5-7-12(10-11)13-8-3-4-9-13/h5-7,10H,2-4,8-9H2,1H3. The second-order valence-electron chi connectivity index (χ2n) is 3.72. The third-order valence-electron chi connectivity index (χ3n) is 2.79. The van der Waals surface area contributed by atoms with Crippen molar-refractivity contribution in [3.8, 4) is 0 Å². The van der Waals surface area contributed by atoms with Crippen molar-refractivity contribution >= 4 is 5.69 Å². The molecule has 0 N–H and O–H groups in total. The molecule has 0 radical (unpaired) electrons. The Bertz CT molecular complexity index is 274. The molecule has 13 heavy (non-hydrogen) atoms. The van der Waals surface area contributed by atoms with Crippen molar-refractivity contribution in [3.63, 3.8) is 0 Å². The van der Waals surface area contributed by atoms with Crippen molar-refractivity contribution in [1.29, 1.82) is 0 Å². The van der Waals surface area contributed by atoms with Gasteiger partial charge in [-0.15, -0.1) is 0 Å². The van der Waals surface area contributed by atoms with Crippen molar-refractivity contribution in [2.45, 2.75) is 26.2 Å². The summed E-state index contributed by atoms with van der Waals surface area (Å²) in [5.41, 5.74) is 2.86. The van der Waals surface area contributed by atoms with Crippen LogP contribution in [-0.4, -0.2) is 13.1 Å². The third kappa shape index (κ3) is 1.85. The highest BCUT2D eigenvalue weighted by atomic mass is 15.1. The summed E-state index contributed by atoms with van der Waals surface area (Å²) in [7, 11) is 0. The number of aryl methyl sites for hydroxylation is 1. The summed E-state index contributed by atoms with van der Waals surface area (Å²) in [5, 5.41) is 0. The van der Waals surface area contributed by atoms with E-state index in [1.54, 1.807) is 0 Å². The van der Waals surface area contributed by atoms with Crippen molar-refractivity contribution in [2.24, 2.45) is 0 Å². The normalized spacial score (nSPS) is 16.5. The highest BCUT2D eigenvalue weighted by Crippen LogP contribution is 2.21. The molecule has 2 rings (SSSR count). The summed E-state index contributed by atoms with van der Waals surface area (Å²) >= 11 is 0. The van der Waals surface area contributed by atoms with Crippen LogP contribution >= 0.6 is 0 Å². The van der Waals surface area contributed by atoms with Crippen LogP contribution in [0, 0.1) is 0 Å². The first-order chi connectivity index (χ1) is 6.40. The van der Waals surface area contributed by atoms with Gasteiger partial charge >= 0.3 is 0 Å². The van der Waals surface area contributed by atoms with Crippen molar-refractivity contribution in [1.82, 2.24) is 0 Å². The molecule has 1 aliphatic rings. The SMILES string of the molecule is CCc1cccc(N2CCCC2)c1. The van der Waals surface area contributed by atoms with Crippen LogP contribution in [-0.2, 0) is 6.42 Å². The topological polar surface area (TPSA) is 3.24 Å². The van der Waals surface area contributed by atoms with E-state index in [2.05, 4.69) is 36.1 Å². The van der Waals surface area contributed by atoms with Gasteiger partial charge in [-0.1, -0.05) is 19.1 Å². The quantitative estimate of drug-likeness (QED) is 0.668. The highest BCUT2D eigenvalue weighted by Gasteiger charge is 2.11. The van der Waals surface area contributed by atoms with Gasteiger partial charge in [0.05, 0.1) is 0 Å². The molecule has 1 aliphatic heterocycles. The lowest BCUT2D eigenvalue weighted by molar-refractivity contribution is 0.949. The molecule has 0 atom stereocenters. The summed E-state index contributed by atoms with van der Waals surface area (Å²) in [6.07, 6.45) is 3.86. The van der Waals surface area contributed by atoms with Gasteiger partial charge in [0.2, 0.25) is 0 Å². The minimum Gasteiger partial charge on any atom is -0.372 e. The first-order valence-corrected chi connectivity index (χ1v) is 5.24. The Morgan fingerprint density at radius 2 is 2.00 bits per heavy atom. The monoisotopic (exact) mass is 175 g/mol. The minimum absolute atomic E-state index is 1.14. The zero-order chi connectivity index (χ0) is 9.10. The van der Waals surface area contributed by atoms with Gasteiger partial charge < -0.3 is 4.90 Å². The number of nitrogens with zero attached hydrogens (tertiary/aromatic N) is 1. The van der Waals surface area contributed by atoms with Crippen LogP contribution in [0.3, 0.4) is 0 Å². The summed E-state index contributed by atoms with van der Waals surface area (Å²) in [6.45, 7) is 4.70. The predicted octanol–water partition coefficient (Wildman–Crippen LogP) is 2.85. The van der Waals surface area contributed by atoms with Gasteiger partial charge in [-0.25, -0.2) is 0 Å². The molecule has 0 saturated carbocycles. The fourth-order valence-electron chi connectivity index (χ4n) is 1.95. The molecule has 0 spiro atoms. The molecule has 0 amide bonds. The van der Waals surface area contributed by atoms with E-state index in [4.69, 9.17) is 0 Å². The lowest BCUT2D eigenvalue weighted by Crippen LogP contribution is -2.17. The maximum absolute atomic E-state index is 2.49. The van der Waals surface area contributed by atoms with Gasteiger partial charge in [0.15, 0.2) is 0 Å². The molecule has 1 aromatic carbocycles. The van der Waals surface area contributed by atoms with E-state index in [1.165, 1.54) is 37.2 Å². The second-order valence-corrected chi connectivity index (χ2v) is 3.72. The van der Waals surface area contributed by atoms with Crippen LogP contribution in [0.5, 0.6) is 0 Å². The fourth-order valence-corrected chi connectivity index (χ4v) is 1.95. The van der Waals surface area contributed by atoms with Crippen LogP contribution in [0.15, 0.2) is 24.3 Å². The van der Waals surface area contributed by atoms with E-state index in [0.29, 0.717) is 0 Å². The van der Waals surface area contributed by atoms with E-state index < -0.39 is 0 Å². The first-order valence-electron chi connectivity index (χ1n) is 5.24. The van der Waals surface area contributed by atoms with Gasteiger partial charge in [0.1, 0.15) is 0 Å². The average Bonchev–Trinajstić information content (AvgIpc) is 2.71. The summed E-state index contributed by atoms with van der Waals surface area (Å²) in [4.78, 5) is 2.49. The van der Waals surface area contributed by atoms with Gasteiger partial charge in [-0.3, -0.25) is 0 Å². The molecule has 0 bridgehead atoms. The van der Waals surface area contributed by atoms with Crippen LogP contribution in [0.1, 0.15) is 25.3 Å².